The molecular weight excluding hydrogens is 496 g/mol. The Balaban J connectivity index is 1.65. The lowest BCUT2D eigenvalue weighted by atomic mass is 10.0. The largest absolute Gasteiger partial charge is 0.276 e. The number of nitro benzene ring substituents is 2. The number of non-ortho nitro benzene ring substituents is 2. The monoisotopic (exact) mass is 538 g/mol. The fourth-order valence-corrected chi connectivity index (χ4v) is 4.76. The second-order valence-electron chi connectivity index (χ2n) is 10.0. The molecule has 0 aliphatic heterocycles. The molecule has 7 heteroatoms. The zero-order valence-corrected chi connectivity index (χ0v) is 23.6. The predicted molar refractivity (Wildman–Crippen MR) is 161 cm³/mol. The van der Waals surface area contributed by atoms with Gasteiger partial charge in [-0.15, -0.1) is 0 Å². The maximum absolute atomic E-state index is 11.1. The molecule has 0 aromatic heterocycles. The van der Waals surface area contributed by atoms with Gasteiger partial charge in [-0.05, 0) is 35.6 Å². The maximum atomic E-state index is 11.1. The summed E-state index contributed by atoms with van der Waals surface area (Å²) in [5.74, 6) is 0. The van der Waals surface area contributed by atoms with E-state index in [1.54, 1.807) is 12.2 Å². The summed E-state index contributed by atoms with van der Waals surface area (Å²) in [4.78, 5) is 21.4. The van der Waals surface area contributed by atoms with Crippen LogP contribution in [-0.4, -0.2) is 14.7 Å². The molecule has 0 saturated carbocycles. The first-order valence-corrected chi connectivity index (χ1v) is 14.6. The van der Waals surface area contributed by atoms with Crippen LogP contribution < -0.4 is 0 Å². The van der Waals surface area contributed by atoms with Crippen LogP contribution in [0, 0.1) is 20.2 Å². The van der Waals surface area contributed by atoms with Crippen molar-refractivity contribution in [1.82, 2.24) is 0 Å². The molecule has 2 rings (SSSR count). The molecule has 0 amide bonds. The summed E-state index contributed by atoms with van der Waals surface area (Å²) in [5, 5.41) is 22.1. The van der Waals surface area contributed by atoms with Crippen LogP contribution in [0.25, 0.3) is 6.08 Å². The van der Waals surface area contributed by atoms with E-state index in [9.17, 15) is 20.2 Å². The van der Waals surface area contributed by atoms with E-state index in [4.69, 9.17) is 12.2 Å². The molecular formula is C31H42N2O4S. The van der Waals surface area contributed by atoms with Crippen molar-refractivity contribution in [1.29, 1.82) is 0 Å². The number of nitrogens with zero attached hydrogens (tertiary/aromatic N) is 2. The molecule has 2 aromatic rings. The lowest BCUT2D eigenvalue weighted by Crippen LogP contribution is -1.95. The van der Waals surface area contributed by atoms with Gasteiger partial charge in [0.05, 0.1) is 15.9 Å². The van der Waals surface area contributed by atoms with Gasteiger partial charge >= 0.3 is 0 Å². The molecule has 0 spiro atoms. The molecule has 0 bridgehead atoms. The van der Waals surface area contributed by atoms with Crippen molar-refractivity contribution in [2.24, 2.45) is 0 Å². The van der Waals surface area contributed by atoms with Gasteiger partial charge in [0.15, 0.2) is 0 Å². The van der Waals surface area contributed by atoms with Gasteiger partial charge in [0.2, 0.25) is 0 Å². The summed E-state index contributed by atoms with van der Waals surface area (Å²) in [5.41, 5.74) is 1.88. The van der Waals surface area contributed by atoms with E-state index in [1.165, 1.54) is 108 Å². The van der Waals surface area contributed by atoms with Gasteiger partial charge in [-0.25, -0.2) is 0 Å². The van der Waals surface area contributed by atoms with E-state index in [1.807, 2.05) is 12.1 Å². The molecule has 0 unspecified atom stereocenters. The maximum Gasteiger partial charge on any atom is 0.276 e. The first kappa shape index (κ1) is 31.3. The number of hydrogen-bond donors (Lipinski definition) is 0. The quantitative estimate of drug-likeness (QED) is 0.0418. The first-order chi connectivity index (χ1) is 18.4. The smallest absolute Gasteiger partial charge is 0.258 e. The third-order valence-electron chi connectivity index (χ3n) is 6.83. The highest BCUT2D eigenvalue weighted by atomic mass is 32.1. The Kier molecular flexibility index (Phi) is 15.1. The van der Waals surface area contributed by atoms with Crippen LogP contribution in [0.4, 0.5) is 11.4 Å². The van der Waals surface area contributed by atoms with Gasteiger partial charge < -0.3 is 0 Å². The summed E-state index contributed by atoms with van der Waals surface area (Å²) in [6.07, 6.45) is 23.3. The molecule has 0 atom stereocenters. The lowest BCUT2D eigenvalue weighted by molar-refractivity contribution is -0.394. The molecule has 0 aliphatic carbocycles. The fraction of sp³-hybridized carbons (Fsp3) is 0.516. The SMILES string of the molecule is CCCCCCCCCCCCCCCCc1ccc(C(=S)C=Cc2cc([N+](=O)[O-])cc([N+](=O)[O-])c2)cc1. The highest BCUT2D eigenvalue weighted by molar-refractivity contribution is 7.81. The molecule has 2 aromatic carbocycles. The number of hydrogen-bond acceptors (Lipinski definition) is 5. The minimum absolute atomic E-state index is 0.322. The highest BCUT2D eigenvalue weighted by Crippen LogP contribution is 2.24. The Hall–Kier alpha value is -2.93. The molecule has 0 aliphatic rings. The van der Waals surface area contributed by atoms with Gasteiger partial charge in [0, 0.05) is 17.0 Å². The number of thiocarbonyl (C=S) groups is 1. The fourth-order valence-electron chi connectivity index (χ4n) is 4.55. The van der Waals surface area contributed by atoms with Crippen LogP contribution in [0.1, 0.15) is 114 Å². The Morgan fingerprint density at radius 1 is 0.711 bits per heavy atom. The van der Waals surface area contributed by atoms with E-state index >= 15 is 0 Å². The number of allylic oxidation sites excluding steroid dienone is 1. The van der Waals surface area contributed by atoms with Gasteiger partial charge in [-0.3, -0.25) is 20.2 Å². The molecule has 206 valence electrons. The number of aryl methyl sites for hydroxylation is 1. The minimum atomic E-state index is -0.639. The van der Waals surface area contributed by atoms with Crippen LogP contribution in [0.15, 0.2) is 48.5 Å². The van der Waals surface area contributed by atoms with E-state index in [-0.39, 0.29) is 11.4 Å². The van der Waals surface area contributed by atoms with Gasteiger partial charge in [0.1, 0.15) is 0 Å². The summed E-state index contributed by atoms with van der Waals surface area (Å²) in [6.45, 7) is 2.27. The van der Waals surface area contributed by atoms with Crippen molar-refractivity contribution in [3.8, 4) is 0 Å². The first-order valence-electron chi connectivity index (χ1n) is 14.2. The standard InChI is InChI=1S/C31H42N2O4S/c1-2-3-4-5-6-7-8-9-10-11-12-13-14-15-16-26-17-20-28(21-18-26)31(38)22-19-27-23-29(32(34)35)25-30(24-27)33(36)37/h17-25H,2-16H2,1H3. The molecule has 0 fully saturated rings. The summed E-state index contributed by atoms with van der Waals surface area (Å²) in [6, 6.07) is 11.7. The molecule has 0 saturated heterocycles. The van der Waals surface area contributed by atoms with Gasteiger partial charge in [-0.2, -0.15) is 0 Å². The Labute approximate surface area is 232 Å². The topological polar surface area (TPSA) is 86.3 Å². The lowest BCUT2D eigenvalue weighted by Gasteiger charge is -2.05. The summed E-state index contributed by atoms with van der Waals surface area (Å²) < 4.78 is 0. The number of nitro groups is 2. The van der Waals surface area contributed by atoms with Crippen LogP contribution in [0.3, 0.4) is 0 Å². The molecule has 0 N–H and O–H groups in total. The van der Waals surface area contributed by atoms with Crippen LogP contribution in [0.5, 0.6) is 0 Å². The summed E-state index contributed by atoms with van der Waals surface area (Å²) >= 11 is 5.48. The third kappa shape index (κ3) is 12.5. The third-order valence-corrected chi connectivity index (χ3v) is 7.20. The van der Waals surface area contributed by atoms with E-state index in [2.05, 4.69) is 19.1 Å². The minimum Gasteiger partial charge on any atom is -0.258 e. The van der Waals surface area contributed by atoms with Crippen LogP contribution >= 0.6 is 12.2 Å². The van der Waals surface area contributed by atoms with E-state index < -0.39 is 9.85 Å². The second kappa shape index (κ2) is 18.3. The van der Waals surface area contributed by atoms with E-state index in [0.29, 0.717) is 10.4 Å². The van der Waals surface area contributed by atoms with Crippen molar-refractivity contribution in [3.63, 3.8) is 0 Å². The zero-order chi connectivity index (χ0) is 27.6. The Morgan fingerprint density at radius 3 is 1.61 bits per heavy atom. The highest BCUT2D eigenvalue weighted by Gasteiger charge is 2.15. The summed E-state index contributed by atoms with van der Waals surface area (Å²) in [7, 11) is 0. The molecule has 0 heterocycles. The number of unbranched alkanes of at least 4 members (excludes halogenated alkanes) is 13. The van der Waals surface area contributed by atoms with Crippen molar-refractivity contribution in [2.75, 3.05) is 0 Å². The zero-order valence-electron chi connectivity index (χ0n) is 22.7. The Morgan fingerprint density at radius 2 is 1.16 bits per heavy atom. The van der Waals surface area contributed by atoms with Gasteiger partial charge in [-0.1, -0.05) is 133 Å². The molecule has 0 radical (unpaired) electrons. The van der Waals surface area contributed by atoms with Crippen molar-refractivity contribution in [3.05, 3.63) is 85.5 Å². The molecule has 38 heavy (non-hydrogen) atoms. The average molecular weight is 539 g/mol. The van der Waals surface area contributed by atoms with Crippen molar-refractivity contribution < 1.29 is 9.85 Å². The van der Waals surface area contributed by atoms with Gasteiger partial charge in [0.25, 0.3) is 11.4 Å². The molecule has 6 nitrogen and oxygen atoms in total. The number of rotatable bonds is 20. The van der Waals surface area contributed by atoms with E-state index in [0.717, 1.165) is 18.1 Å². The van der Waals surface area contributed by atoms with Crippen LogP contribution in [-0.2, 0) is 6.42 Å². The predicted octanol–water partition coefficient (Wildman–Crippen LogP) is 9.96. The normalized spacial score (nSPS) is 11.2. The Bertz CT molecular complexity index is 1020. The van der Waals surface area contributed by atoms with Crippen molar-refractivity contribution in [2.45, 2.75) is 103 Å². The van der Waals surface area contributed by atoms with Crippen molar-refractivity contribution >= 4 is 34.5 Å². The average Bonchev–Trinajstić information content (AvgIpc) is 2.92. The number of benzene rings is 2. The van der Waals surface area contributed by atoms with Crippen LogP contribution in [0.2, 0.25) is 0 Å². The second-order valence-corrected chi connectivity index (χ2v) is 10.5.